The van der Waals surface area contributed by atoms with Crippen molar-refractivity contribution in [3.8, 4) is 11.5 Å². The van der Waals surface area contributed by atoms with Gasteiger partial charge in [-0.05, 0) is 48.3 Å². The molecule has 1 saturated heterocycles. The molecule has 132 valence electrons. The standard InChI is InChI=1S/C14H21BrN2O4S.ClH/c1-9-6-10(4-5-16-9)17-22(18,19)14-7-11(15)12(20-2)8-13(14)21-3;/h7-10,16-17H,4-6H2,1-3H3;1H. The molecule has 9 heteroatoms. The molecule has 2 N–H and O–H groups in total. The fourth-order valence-corrected chi connectivity index (χ4v) is 4.68. The third kappa shape index (κ3) is 4.96. The first kappa shape index (κ1) is 20.5. The normalized spacial score (nSPS) is 21.4. The van der Waals surface area contributed by atoms with Crippen molar-refractivity contribution in [3.05, 3.63) is 16.6 Å². The lowest BCUT2D eigenvalue weighted by Crippen LogP contribution is -2.46. The predicted molar refractivity (Wildman–Crippen MR) is 95.3 cm³/mol. The predicted octanol–water partition coefficient (Wildman–Crippen LogP) is 2.31. The largest absolute Gasteiger partial charge is 0.495 e. The van der Waals surface area contributed by atoms with Gasteiger partial charge in [0.2, 0.25) is 10.0 Å². The van der Waals surface area contributed by atoms with Gasteiger partial charge in [0.1, 0.15) is 16.4 Å². The summed E-state index contributed by atoms with van der Waals surface area (Å²) >= 11 is 3.32. The van der Waals surface area contributed by atoms with Crippen LogP contribution in [0.2, 0.25) is 0 Å². The molecule has 0 bridgehead atoms. The number of hydrogen-bond donors (Lipinski definition) is 2. The molecule has 1 aromatic carbocycles. The SMILES string of the molecule is COc1cc(OC)c(S(=O)(=O)NC2CCNC(C)C2)cc1Br.Cl. The van der Waals surface area contributed by atoms with E-state index in [2.05, 4.69) is 26.0 Å². The van der Waals surface area contributed by atoms with Crippen LogP contribution in [0.3, 0.4) is 0 Å². The smallest absolute Gasteiger partial charge is 0.244 e. The molecule has 0 aliphatic carbocycles. The van der Waals surface area contributed by atoms with Crippen LogP contribution in [0.1, 0.15) is 19.8 Å². The second-order valence-electron chi connectivity index (χ2n) is 5.34. The highest BCUT2D eigenvalue weighted by molar-refractivity contribution is 9.10. The third-order valence-corrected chi connectivity index (χ3v) is 5.83. The maximum atomic E-state index is 12.7. The average molecular weight is 430 g/mol. The summed E-state index contributed by atoms with van der Waals surface area (Å²) in [4.78, 5) is 0.105. The summed E-state index contributed by atoms with van der Waals surface area (Å²) in [6.07, 6.45) is 1.53. The lowest BCUT2D eigenvalue weighted by Gasteiger charge is -2.28. The molecule has 0 radical (unpaired) electrons. The number of benzene rings is 1. The summed E-state index contributed by atoms with van der Waals surface area (Å²) < 4.78 is 39.0. The Morgan fingerprint density at radius 3 is 2.48 bits per heavy atom. The number of nitrogens with one attached hydrogen (secondary N) is 2. The van der Waals surface area contributed by atoms with E-state index in [1.54, 1.807) is 6.07 Å². The zero-order valence-corrected chi connectivity index (χ0v) is 16.5. The number of rotatable bonds is 5. The van der Waals surface area contributed by atoms with Gasteiger partial charge in [0, 0.05) is 18.2 Å². The average Bonchev–Trinajstić information content (AvgIpc) is 2.46. The van der Waals surface area contributed by atoms with Crippen molar-refractivity contribution >= 4 is 38.4 Å². The number of halogens is 2. The second kappa shape index (κ2) is 8.53. The highest BCUT2D eigenvalue weighted by atomic mass is 79.9. The van der Waals surface area contributed by atoms with E-state index in [-0.39, 0.29) is 29.1 Å². The Hall–Kier alpha value is -0.540. The van der Waals surface area contributed by atoms with Crippen molar-refractivity contribution in [1.29, 1.82) is 0 Å². The van der Waals surface area contributed by atoms with E-state index in [9.17, 15) is 8.42 Å². The molecular weight excluding hydrogens is 408 g/mol. The first-order chi connectivity index (χ1) is 10.4. The quantitative estimate of drug-likeness (QED) is 0.751. The van der Waals surface area contributed by atoms with Crippen LogP contribution in [0.15, 0.2) is 21.5 Å². The Morgan fingerprint density at radius 1 is 1.26 bits per heavy atom. The van der Waals surface area contributed by atoms with Gasteiger partial charge in [-0.2, -0.15) is 0 Å². The fraction of sp³-hybridized carbons (Fsp3) is 0.571. The molecule has 2 atom stereocenters. The van der Waals surface area contributed by atoms with Gasteiger partial charge in [-0.3, -0.25) is 0 Å². The molecule has 1 aliphatic rings. The second-order valence-corrected chi connectivity index (χ2v) is 7.87. The highest BCUT2D eigenvalue weighted by Gasteiger charge is 2.27. The van der Waals surface area contributed by atoms with Gasteiger partial charge >= 0.3 is 0 Å². The van der Waals surface area contributed by atoms with Crippen LogP contribution in [0.5, 0.6) is 11.5 Å². The Kier molecular flexibility index (Phi) is 7.60. The molecule has 2 unspecified atom stereocenters. The van der Waals surface area contributed by atoms with E-state index in [0.717, 1.165) is 19.4 Å². The minimum Gasteiger partial charge on any atom is -0.495 e. The van der Waals surface area contributed by atoms with Crippen LogP contribution in [-0.4, -0.2) is 41.3 Å². The van der Waals surface area contributed by atoms with E-state index in [1.165, 1.54) is 20.3 Å². The maximum absolute atomic E-state index is 12.7. The lowest BCUT2D eigenvalue weighted by molar-refractivity contribution is 0.359. The van der Waals surface area contributed by atoms with E-state index >= 15 is 0 Å². The van der Waals surface area contributed by atoms with Gasteiger partial charge < -0.3 is 14.8 Å². The van der Waals surface area contributed by atoms with E-state index < -0.39 is 10.0 Å². The molecule has 23 heavy (non-hydrogen) atoms. The molecule has 1 heterocycles. The molecule has 6 nitrogen and oxygen atoms in total. The Morgan fingerprint density at radius 2 is 1.91 bits per heavy atom. The van der Waals surface area contributed by atoms with Gasteiger partial charge in [0.25, 0.3) is 0 Å². The van der Waals surface area contributed by atoms with Gasteiger partial charge in [0.15, 0.2) is 0 Å². The minimum atomic E-state index is -3.66. The molecule has 1 aromatic rings. The Balaban J connectivity index is 0.00000264. The summed E-state index contributed by atoms with van der Waals surface area (Å²) in [6.45, 7) is 2.85. The monoisotopic (exact) mass is 428 g/mol. The highest BCUT2D eigenvalue weighted by Crippen LogP contribution is 2.35. The van der Waals surface area contributed by atoms with Crippen molar-refractivity contribution in [2.24, 2.45) is 0 Å². The van der Waals surface area contributed by atoms with E-state index in [0.29, 0.717) is 16.3 Å². The minimum absolute atomic E-state index is 0. The zero-order chi connectivity index (χ0) is 16.3. The zero-order valence-electron chi connectivity index (χ0n) is 13.3. The fourth-order valence-electron chi connectivity index (χ4n) is 2.56. The number of hydrogen-bond acceptors (Lipinski definition) is 5. The van der Waals surface area contributed by atoms with Crippen molar-refractivity contribution in [2.75, 3.05) is 20.8 Å². The lowest BCUT2D eigenvalue weighted by atomic mass is 10.0. The molecule has 0 aromatic heterocycles. The number of methoxy groups -OCH3 is 2. The van der Waals surface area contributed by atoms with Crippen LogP contribution >= 0.6 is 28.3 Å². The van der Waals surface area contributed by atoms with Crippen molar-refractivity contribution in [1.82, 2.24) is 10.0 Å². The molecular formula is C14H22BrClN2O4S. The van der Waals surface area contributed by atoms with Crippen LogP contribution in [0.4, 0.5) is 0 Å². The van der Waals surface area contributed by atoms with Crippen molar-refractivity contribution < 1.29 is 17.9 Å². The van der Waals surface area contributed by atoms with E-state index in [4.69, 9.17) is 9.47 Å². The summed E-state index contributed by atoms with van der Waals surface area (Å²) in [5, 5.41) is 3.30. The molecule has 1 aliphatic heterocycles. The summed E-state index contributed by atoms with van der Waals surface area (Å²) in [5.41, 5.74) is 0. The summed E-state index contributed by atoms with van der Waals surface area (Å²) in [6, 6.07) is 3.28. The summed E-state index contributed by atoms with van der Waals surface area (Å²) in [5.74, 6) is 0.779. The van der Waals surface area contributed by atoms with Crippen LogP contribution < -0.4 is 19.5 Å². The maximum Gasteiger partial charge on any atom is 0.244 e. The Labute approximate surface area is 151 Å². The van der Waals surface area contributed by atoms with Crippen LogP contribution in [0, 0.1) is 0 Å². The molecule has 2 rings (SSSR count). The van der Waals surface area contributed by atoms with Gasteiger partial charge in [-0.15, -0.1) is 12.4 Å². The van der Waals surface area contributed by atoms with Crippen molar-refractivity contribution in [3.63, 3.8) is 0 Å². The van der Waals surface area contributed by atoms with Crippen LogP contribution in [0.25, 0.3) is 0 Å². The van der Waals surface area contributed by atoms with Gasteiger partial charge in [-0.1, -0.05) is 0 Å². The van der Waals surface area contributed by atoms with Gasteiger partial charge in [0.05, 0.1) is 18.7 Å². The van der Waals surface area contributed by atoms with E-state index in [1.807, 2.05) is 6.92 Å². The topological polar surface area (TPSA) is 76.7 Å². The summed E-state index contributed by atoms with van der Waals surface area (Å²) in [7, 11) is -0.707. The third-order valence-electron chi connectivity index (χ3n) is 3.67. The molecule has 0 amide bonds. The van der Waals surface area contributed by atoms with Gasteiger partial charge in [-0.25, -0.2) is 13.1 Å². The van der Waals surface area contributed by atoms with Crippen LogP contribution in [-0.2, 0) is 10.0 Å². The first-order valence-corrected chi connectivity index (χ1v) is 9.32. The number of sulfonamides is 1. The van der Waals surface area contributed by atoms with Crippen molar-refractivity contribution in [2.45, 2.75) is 36.7 Å². The number of piperidine rings is 1. The molecule has 0 spiro atoms. The first-order valence-electron chi connectivity index (χ1n) is 7.04. The number of ether oxygens (including phenoxy) is 2. The Bertz CT molecular complexity index is 642. The molecule has 1 fully saturated rings. The molecule has 0 saturated carbocycles.